The maximum absolute atomic E-state index is 14.2. The minimum atomic E-state index is -0.810. The smallest absolute Gasteiger partial charge is 0.338 e. The molecule has 0 fully saturated rings. The Morgan fingerprint density at radius 1 is 0.978 bits per heavy atom. The van der Waals surface area contributed by atoms with Crippen molar-refractivity contribution >= 4 is 23.4 Å². The molecule has 9 nitrogen and oxygen atoms in total. The summed E-state index contributed by atoms with van der Waals surface area (Å²) in [6.45, 7) is 8.36. The predicted molar refractivity (Wildman–Crippen MR) is 177 cm³/mol. The van der Waals surface area contributed by atoms with Gasteiger partial charge in [0.1, 0.15) is 25.0 Å². The Kier molecular flexibility index (Phi) is 10.4. The Hall–Kier alpha value is -4.67. The van der Waals surface area contributed by atoms with Gasteiger partial charge in [-0.2, -0.15) is 0 Å². The van der Waals surface area contributed by atoms with Crippen molar-refractivity contribution in [3.63, 3.8) is 0 Å². The van der Waals surface area contributed by atoms with Crippen molar-refractivity contribution in [3.05, 3.63) is 120 Å². The number of carbonyl (C=O) groups is 1. The van der Waals surface area contributed by atoms with Gasteiger partial charge >= 0.3 is 5.97 Å². The number of fused-ring (bicyclic) bond motifs is 1. The summed E-state index contributed by atoms with van der Waals surface area (Å²) < 4.78 is 30.4. The molecular formula is C36H38N2O7S. The van der Waals surface area contributed by atoms with E-state index in [1.54, 1.807) is 24.7 Å². The van der Waals surface area contributed by atoms with Gasteiger partial charge in [0.25, 0.3) is 5.56 Å². The quantitative estimate of drug-likeness (QED) is 0.157. The first kappa shape index (κ1) is 32.7. The summed E-state index contributed by atoms with van der Waals surface area (Å²) in [5, 5.41) is 0. The van der Waals surface area contributed by atoms with Crippen LogP contribution in [0.4, 0.5) is 0 Å². The summed E-state index contributed by atoms with van der Waals surface area (Å²) in [6, 6.07) is 20.3. The highest BCUT2D eigenvalue weighted by atomic mass is 32.1. The molecule has 0 spiro atoms. The molecule has 46 heavy (non-hydrogen) atoms. The van der Waals surface area contributed by atoms with Crippen molar-refractivity contribution in [2.75, 3.05) is 27.4 Å². The Morgan fingerprint density at radius 3 is 2.52 bits per heavy atom. The molecule has 0 amide bonds. The number of ether oxygens (including phenoxy) is 5. The Labute approximate surface area is 272 Å². The van der Waals surface area contributed by atoms with E-state index < -0.39 is 12.0 Å². The molecule has 0 saturated heterocycles. The fraction of sp³-hybridized carbons (Fsp3) is 0.306. The van der Waals surface area contributed by atoms with Gasteiger partial charge in [-0.25, -0.2) is 9.79 Å². The van der Waals surface area contributed by atoms with Crippen LogP contribution in [0.3, 0.4) is 0 Å². The third-order valence-corrected chi connectivity index (χ3v) is 8.28. The zero-order chi connectivity index (χ0) is 32.8. The van der Waals surface area contributed by atoms with E-state index >= 15 is 0 Å². The number of allylic oxidation sites excluding steroid dienone is 1. The van der Waals surface area contributed by atoms with Crippen molar-refractivity contribution in [2.24, 2.45) is 4.99 Å². The number of aromatic nitrogens is 1. The number of aryl methyl sites for hydroxylation is 1. The lowest BCUT2D eigenvalue weighted by molar-refractivity contribution is -0.140. The number of hydrogen-bond acceptors (Lipinski definition) is 9. The SMILES string of the molecule is COCCOC(=O)C1=C(C)N=c2s/c(=C/c3ccc(OCc4cccc(C)c4)c(OC)c3)c(=O)n2[C@@H]1c1ccccc1OC(C)C. The molecule has 1 atom stereocenters. The van der Waals surface area contributed by atoms with E-state index in [-0.39, 0.29) is 30.5 Å². The summed E-state index contributed by atoms with van der Waals surface area (Å²) in [5.41, 5.74) is 4.07. The molecule has 5 rings (SSSR count). The van der Waals surface area contributed by atoms with Crippen LogP contribution in [0.2, 0.25) is 0 Å². The van der Waals surface area contributed by atoms with Gasteiger partial charge < -0.3 is 23.7 Å². The molecule has 0 unspecified atom stereocenters. The van der Waals surface area contributed by atoms with Gasteiger partial charge in [-0.05, 0) is 63.1 Å². The average Bonchev–Trinajstić information content (AvgIpc) is 3.33. The number of esters is 1. The van der Waals surface area contributed by atoms with Crippen molar-refractivity contribution < 1.29 is 28.5 Å². The van der Waals surface area contributed by atoms with Gasteiger partial charge in [0.15, 0.2) is 16.3 Å². The van der Waals surface area contributed by atoms with E-state index in [0.717, 1.165) is 16.7 Å². The molecule has 4 aromatic rings. The fourth-order valence-corrected chi connectivity index (χ4v) is 6.29. The molecule has 240 valence electrons. The Morgan fingerprint density at radius 2 is 1.78 bits per heavy atom. The standard InChI is InChI=1S/C36H38N2O7S/c1-22(2)45-28-13-8-7-12-27(28)33-32(35(40)43-17-16-41-5)24(4)37-36-38(33)34(39)31(46-36)20-25-14-15-29(30(19-25)42-6)44-21-26-11-9-10-23(3)18-26/h7-15,18-20,22,33H,16-17,21H2,1-6H3/b31-20+/t33-/m1/s1. The highest BCUT2D eigenvalue weighted by Gasteiger charge is 2.35. The van der Waals surface area contributed by atoms with Crippen LogP contribution in [-0.4, -0.2) is 44.1 Å². The van der Waals surface area contributed by atoms with E-state index in [9.17, 15) is 9.59 Å². The van der Waals surface area contributed by atoms with E-state index in [0.29, 0.717) is 44.4 Å². The van der Waals surface area contributed by atoms with Crippen LogP contribution >= 0.6 is 11.3 Å². The lowest BCUT2D eigenvalue weighted by Gasteiger charge is -2.27. The zero-order valence-corrected chi connectivity index (χ0v) is 27.7. The van der Waals surface area contributed by atoms with Crippen molar-refractivity contribution in [1.29, 1.82) is 0 Å². The van der Waals surface area contributed by atoms with E-state index in [1.165, 1.54) is 18.4 Å². The molecule has 3 aromatic carbocycles. The predicted octanol–water partition coefficient (Wildman–Crippen LogP) is 5.11. The van der Waals surface area contributed by atoms with E-state index in [1.807, 2.05) is 81.4 Å². The molecule has 1 aliphatic heterocycles. The van der Waals surface area contributed by atoms with Gasteiger partial charge in [0, 0.05) is 12.7 Å². The number of methoxy groups -OCH3 is 2. The van der Waals surface area contributed by atoms with Gasteiger partial charge in [-0.3, -0.25) is 9.36 Å². The van der Waals surface area contributed by atoms with Gasteiger partial charge in [-0.15, -0.1) is 0 Å². The molecule has 0 bridgehead atoms. The summed E-state index contributed by atoms with van der Waals surface area (Å²) in [7, 11) is 3.12. The number of carbonyl (C=O) groups excluding carboxylic acids is 1. The second-order valence-corrected chi connectivity index (χ2v) is 12.1. The third kappa shape index (κ3) is 7.24. The lowest BCUT2D eigenvalue weighted by atomic mass is 9.95. The van der Waals surface area contributed by atoms with Crippen LogP contribution in [0.15, 0.2) is 87.8 Å². The Bertz CT molecular complexity index is 1940. The minimum Gasteiger partial charge on any atom is -0.493 e. The molecule has 2 heterocycles. The molecule has 10 heteroatoms. The topological polar surface area (TPSA) is 97.6 Å². The van der Waals surface area contributed by atoms with Crippen LogP contribution in [-0.2, 0) is 20.9 Å². The number of hydrogen-bond donors (Lipinski definition) is 0. The summed E-state index contributed by atoms with van der Waals surface area (Å²) >= 11 is 1.25. The first-order valence-corrected chi connectivity index (χ1v) is 15.8. The second-order valence-electron chi connectivity index (χ2n) is 11.1. The molecule has 0 aliphatic carbocycles. The molecule has 1 aliphatic rings. The first-order chi connectivity index (χ1) is 22.2. The fourth-order valence-electron chi connectivity index (χ4n) is 5.25. The normalized spacial score (nSPS) is 14.6. The molecule has 0 N–H and O–H groups in total. The summed E-state index contributed by atoms with van der Waals surface area (Å²) in [4.78, 5) is 32.8. The molecule has 0 saturated carbocycles. The van der Waals surface area contributed by atoms with Crippen molar-refractivity contribution in [2.45, 2.75) is 46.4 Å². The largest absolute Gasteiger partial charge is 0.493 e. The Balaban J connectivity index is 1.56. The van der Waals surface area contributed by atoms with Gasteiger partial charge in [0.2, 0.25) is 0 Å². The van der Waals surface area contributed by atoms with Gasteiger partial charge in [-0.1, -0.05) is 65.4 Å². The first-order valence-electron chi connectivity index (χ1n) is 15.0. The van der Waals surface area contributed by atoms with Crippen LogP contribution in [0.1, 0.15) is 49.1 Å². The number of para-hydroxylation sites is 1. The van der Waals surface area contributed by atoms with Crippen molar-refractivity contribution in [1.82, 2.24) is 4.57 Å². The van der Waals surface area contributed by atoms with Crippen molar-refractivity contribution in [3.8, 4) is 17.2 Å². The molecule has 0 radical (unpaired) electrons. The maximum atomic E-state index is 14.2. The summed E-state index contributed by atoms with van der Waals surface area (Å²) in [5.74, 6) is 1.14. The zero-order valence-electron chi connectivity index (χ0n) is 26.9. The van der Waals surface area contributed by atoms with Crippen LogP contribution in [0.5, 0.6) is 17.2 Å². The molecule has 1 aromatic heterocycles. The third-order valence-electron chi connectivity index (χ3n) is 7.30. The number of thiazole rings is 1. The van der Waals surface area contributed by atoms with Crippen LogP contribution in [0.25, 0.3) is 6.08 Å². The number of benzene rings is 3. The van der Waals surface area contributed by atoms with Crippen LogP contribution < -0.4 is 29.1 Å². The number of nitrogens with zero attached hydrogens (tertiary/aromatic N) is 2. The monoisotopic (exact) mass is 642 g/mol. The van der Waals surface area contributed by atoms with Gasteiger partial charge in [0.05, 0.1) is 35.6 Å². The lowest BCUT2D eigenvalue weighted by Crippen LogP contribution is -2.40. The minimum absolute atomic E-state index is 0.0694. The average molecular weight is 643 g/mol. The highest BCUT2D eigenvalue weighted by molar-refractivity contribution is 7.07. The molecular weight excluding hydrogens is 604 g/mol. The maximum Gasteiger partial charge on any atom is 0.338 e. The number of rotatable bonds is 12. The van der Waals surface area contributed by atoms with E-state index in [4.69, 9.17) is 28.7 Å². The highest BCUT2D eigenvalue weighted by Crippen LogP contribution is 2.36. The van der Waals surface area contributed by atoms with E-state index in [2.05, 4.69) is 6.07 Å². The summed E-state index contributed by atoms with van der Waals surface area (Å²) in [6.07, 6.45) is 1.66. The second kappa shape index (κ2) is 14.6. The van der Waals surface area contributed by atoms with Crippen LogP contribution in [0, 0.1) is 6.92 Å².